The van der Waals surface area contributed by atoms with Crippen LogP contribution in [-0.2, 0) is 11.0 Å². The fourth-order valence-corrected chi connectivity index (χ4v) is 3.07. The fourth-order valence-electron chi connectivity index (χ4n) is 2.46. The number of nitrogens with zero attached hydrogens (tertiary/aromatic N) is 2. The first-order valence-electron chi connectivity index (χ1n) is 8.72. The number of halogens is 4. The van der Waals surface area contributed by atoms with Gasteiger partial charge in [0.05, 0.1) is 22.6 Å². The van der Waals surface area contributed by atoms with Crippen LogP contribution in [0.1, 0.15) is 15.9 Å². The maximum Gasteiger partial charge on any atom is 0.418 e. The molecule has 0 radical (unpaired) electrons. The fraction of sp³-hybridized carbons (Fsp3) is 0.100. The zero-order chi connectivity index (χ0) is 22.4. The highest BCUT2D eigenvalue weighted by atomic mass is 32.2. The Balaban J connectivity index is 1.56. The number of anilines is 2. The molecule has 11 heteroatoms. The van der Waals surface area contributed by atoms with Crippen molar-refractivity contribution in [1.29, 1.82) is 0 Å². The van der Waals surface area contributed by atoms with E-state index in [0.717, 1.165) is 30.0 Å². The molecule has 160 valence electrons. The lowest BCUT2D eigenvalue weighted by molar-refractivity contribution is -0.137. The normalized spacial score (nSPS) is 11.1. The number of aromatic nitrogens is 2. The standard InChI is InChI=1S/C20H14F4N4O2S/c21-14-7-3-1-5-12(14)19(30)26-16-9-10-18(28-27-16)31-11-17(29)25-15-8-4-2-6-13(15)20(22,23)24/h1-10H,11H2,(H,25,29)(H,26,27,30). The van der Waals surface area contributed by atoms with Crippen LogP contribution in [0.2, 0.25) is 0 Å². The van der Waals surface area contributed by atoms with Crippen LogP contribution in [0.25, 0.3) is 0 Å². The van der Waals surface area contributed by atoms with Crippen LogP contribution in [0.5, 0.6) is 0 Å². The number of thioether (sulfide) groups is 1. The third-order valence-electron chi connectivity index (χ3n) is 3.86. The Hall–Kier alpha value is -3.47. The number of carbonyl (C=O) groups excluding carboxylic acids is 2. The molecule has 0 bridgehead atoms. The van der Waals surface area contributed by atoms with E-state index in [1.807, 2.05) is 0 Å². The van der Waals surface area contributed by atoms with Crippen molar-refractivity contribution in [2.24, 2.45) is 0 Å². The SMILES string of the molecule is O=C(CSc1ccc(NC(=O)c2ccccc2F)nn1)Nc1ccccc1C(F)(F)F. The summed E-state index contributed by atoms with van der Waals surface area (Å²) >= 11 is 0.948. The van der Waals surface area contributed by atoms with Gasteiger partial charge in [0.15, 0.2) is 5.82 Å². The summed E-state index contributed by atoms with van der Waals surface area (Å²) in [5, 5.41) is 12.5. The Bertz CT molecular complexity index is 1090. The summed E-state index contributed by atoms with van der Waals surface area (Å²) in [5.41, 5.74) is -1.43. The molecule has 2 N–H and O–H groups in total. The molecular weight excluding hydrogens is 436 g/mol. The van der Waals surface area contributed by atoms with Gasteiger partial charge in [-0.1, -0.05) is 36.0 Å². The maximum atomic E-state index is 13.6. The van der Waals surface area contributed by atoms with Gasteiger partial charge in [-0.2, -0.15) is 13.2 Å². The first-order valence-corrected chi connectivity index (χ1v) is 9.71. The lowest BCUT2D eigenvalue weighted by Gasteiger charge is -2.13. The molecule has 1 heterocycles. The van der Waals surface area contributed by atoms with Crippen LogP contribution in [0, 0.1) is 5.82 Å². The number of amides is 2. The van der Waals surface area contributed by atoms with Gasteiger partial charge in [-0.25, -0.2) is 4.39 Å². The molecular formula is C20H14F4N4O2S. The van der Waals surface area contributed by atoms with E-state index in [1.54, 1.807) is 0 Å². The van der Waals surface area contributed by atoms with Crippen molar-refractivity contribution in [3.05, 3.63) is 77.6 Å². The van der Waals surface area contributed by atoms with Crippen molar-refractivity contribution < 1.29 is 27.2 Å². The molecule has 2 amide bonds. The largest absolute Gasteiger partial charge is 0.418 e. The van der Waals surface area contributed by atoms with Gasteiger partial charge in [0.2, 0.25) is 5.91 Å². The zero-order valence-corrected chi connectivity index (χ0v) is 16.4. The quantitative estimate of drug-likeness (QED) is 0.423. The highest BCUT2D eigenvalue weighted by molar-refractivity contribution is 7.99. The highest BCUT2D eigenvalue weighted by Gasteiger charge is 2.33. The number of para-hydroxylation sites is 1. The van der Waals surface area contributed by atoms with E-state index in [1.165, 1.54) is 42.5 Å². The number of alkyl halides is 3. The number of hydrogen-bond acceptors (Lipinski definition) is 5. The predicted molar refractivity (Wildman–Crippen MR) is 107 cm³/mol. The molecule has 31 heavy (non-hydrogen) atoms. The monoisotopic (exact) mass is 450 g/mol. The number of hydrogen-bond donors (Lipinski definition) is 2. The maximum absolute atomic E-state index is 13.6. The molecule has 0 atom stereocenters. The Morgan fingerprint density at radius 2 is 1.61 bits per heavy atom. The summed E-state index contributed by atoms with van der Waals surface area (Å²) in [5.74, 6) is -2.17. The lowest BCUT2D eigenvalue weighted by Crippen LogP contribution is -2.18. The lowest BCUT2D eigenvalue weighted by atomic mass is 10.1. The molecule has 0 saturated heterocycles. The van der Waals surface area contributed by atoms with Crippen molar-refractivity contribution in [2.45, 2.75) is 11.2 Å². The van der Waals surface area contributed by atoms with Gasteiger partial charge < -0.3 is 10.6 Å². The van der Waals surface area contributed by atoms with Crippen molar-refractivity contribution in [3.63, 3.8) is 0 Å². The third kappa shape index (κ3) is 6.01. The molecule has 0 aliphatic heterocycles. The molecule has 0 spiro atoms. The molecule has 3 rings (SSSR count). The van der Waals surface area contributed by atoms with Crippen LogP contribution in [0.4, 0.5) is 29.1 Å². The molecule has 0 aliphatic carbocycles. The van der Waals surface area contributed by atoms with Crippen LogP contribution >= 0.6 is 11.8 Å². The average Bonchev–Trinajstić information content (AvgIpc) is 2.73. The second-order valence-corrected chi connectivity index (χ2v) is 7.07. The van der Waals surface area contributed by atoms with Crippen molar-refractivity contribution in [3.8, 4) is 0 Å². The molecule has 0 aliphatic rings. The smallest absolute Gasteiger partial charge is 0.325 e. The Kier molecular flexibility index (Phi) is 6.85. The summed E-state index contributed by atoms with van der Waals surface area (Å²) in [6.45, 7) is 0. The third-order valence-corrected chi connectivity index (χ3v) is 4.78. The van der Waals surface area contributed by atoms with Gasteiger partial charge >= 0.3 is 6.18 Å². The molecule has 1 aromatic heterocycles. The average molecular weight is 450 g/mol. The van der Waals surface area contributed by atoms with Crippen LogP contribution < -0.4 is 10.6 Å². The van der Waals surface area contributed by atoms with Crippen LogP contribution in [-0.4, -0.2) is 27.8 Å². The van der Waals surface area contributed by atoms with Crippen molar-refractivity contribution >= 4 is 35.1 Å². The Labute approximate surface area is 178 Å². The summed E-state index contributed by atoms with van der Waals surface area (Å²) in [7, 11) is 0. The van der Waals surface area contributed by atoms with Gasteiger partial charge in [-0.15, -0.1) is 10.2 Å². The second kappa shape index (κ2) is 9.56. The summed E-state index contributed by atoms with van der Waals surface area (Å²) < 4.78 is 52.6. The minimum atomic E-state index is -4.59. The molecule has 0 unspecified atom stereocenters. The van der Waals surface area contributed by atoms with Gasteiger partial charge in [0, 0.05) is 0 Å². The van der Waals surface area contributed by atoms with E-state index in [4.69, 9.17) is 0 Å². The molecule has 0 fully saturated rings. The molecule has 2 aromatic carbocycles. The molecule has 6 nitrogen and oxygen atoms in total. The number of benzene rings is 2. The summed E-state index contributed by atoms with van der Waals surface area (Å²) in [6, 6.07) is 13.0. The number of nitrogens with one attached hydrogen (secondary N) is 2. The zero-order valence-electron chi connectivity index (χ0n) is 15.6. The van der Waals surface area contributed by atoms with Gasteiger partial charge in [-0.3, -0.25) is 9.59 Å². The first-order chi connectivity index (χ1) is 14.7. The molecule has 3 aromatic rings. The Morgan fingerprint density at radius 3 is 2.29 bits per heavy atom. The van der Waals surface area contributed by atoms with E-state index in [-0.39, 0.29) is 22.8 Å². The van der Waals surface area contributed by atoms with Gasteiger partial charge in [-0.05, 0) is 36.4 Å². The first kappa shape index (κ1) is 22.2. The van der Waals surface area contributed by atoms with Crippen LogP contribution in [0.3, 0.4) is 0 Å². The van der Waals surface area contributed by atoms with Gasteiger partial charge in [0.25, 0.3) is 5.91 Å². The van der Waals surface area contributed by atoms with E-state index in [9.17, 15) is 27.2 Å². The minimum absolute atomic E-state index is 0.0705. The Morgan fingerprint density at radius 1 is 0.903 bits per heavy atom. The highest BCUT2D eigenvalue weighted by Crippen LogP contribution is 2.34. The van der Waals surface area contributed by atoms with Crippen LogP contribution in [0.15, 0.2) is 65.7 Å². The van der Waals surface area contributed by atoms with Crippen molar-refractivity contribution in [2.75, 3.05) is 16.4 Å². The van der Waals surface area contributed by atoms with E-state index < -0.39 is 29.4 Å². The summed E-state index contributed by atoms with van der Waals surface area (Å²) in [4.78, 5) is 24.1. The minimum Gasteiger partial charge on any atom is -0.325 e. The van der Waals surface area contributed by atoms with E-state index >= 15 is 0 Å². The summed E-state index contributed by atoms with van der Waals surface area (Å²) in [6.07, 6.45) is -4.59. The molecule has 0 saturated carbocycles. The van der Waals surface area contributed by atoms with E-state index in [0.29, 0.717) is 5.03 Å². The van der Waals surface area contributed by atoms with Crippen molar-refractivity contribution in [1.82, 2.24) is 10.2 Å². The van der Waals surface area contributed by atoms with E-state index in [2.05, 4.69) is 20.8 Å². The predicted octanol–water partition coefficient (Wildman–Crippen LogP) is 4.62. The number of carbonyl (C=O) groups is 2. The second-order valence-electron chi connectivity index (χ2n) is 6.07. The number of rotatable bonds is 6. The topological polar surface area (TPSA) is 84.0 Å². The van der Waals surface area contributed by atoms with Gasteiger partial charge in [0.1, 0.15) is 10.8 Å².